The van der Waals surface area contributed by atoms with Gasteiger partial charge in [0.2, 0.25) is 5.91 Å². The first kappa shape index (κ1) is 18.8. The minimum absolute atomic E-state index is 0.0518. The topological polar surface area (TPSA) is 92.4 Å². The molecule has 1 saturated heterocycles. The Hall–Kier alpha value is -2.22. The monoisotopic (exact) mass is 415 g/mol. The van der Waals surface area contributed by atoms with Crippen LogP contribution >= 0.6 is 11.3 Å². The van der Waals surface area contributed by atoms with Crippen molar-refractivity contribution in [3.05, 3.63) is 26.6 Å². The van der Waals surface area contributed by atoms with Crippen molar-refractivity contribution in [2.75, 3.05) is 6.54 Å². The maximum atomic E-state index is 12.6. The maximum Gasteiger partial charge on any atom is 0.311 e. The van der Waals surface area contributed by atoms with E-state index in [1.54, 1.807) is 11.3 Å². The van der Waals surface area contributed by atoms with Gasteiger partial charge in [-0.05, 0) is 44.1 Å². The number of aromatic nitrogens is 2. The molecule has 0 bridgehead atoms. The predicted octanol–water partition coefficient (Wildman–Crippen LogP) is 2.70. The molecule has 1 unspecified atom stereocenters. The number of fused-ring (bicyclic) bond motifs is 3. The van der Waals surface area contributed by atoms with Crippen molar-refractivity contribution in [3.63, 3.8) is 0 Å². The molecule has 1 atom stereocenters. The second-order valence-electron chi connectivity index (χ2n) is 8.40. The second kappa shape index (κ2) is 7.55. The van der Waals surface area contributed by atoms with E-state index < -0.39 is 5.92 Å². The molecule has 2 aromatic heterocycles. The third kappa shape index (κ3) is 3.47. The van der Waals surface area contributed by atoms with E-state index in [0.29, 0.717) is 17.8 Å². The third-order valence-electron chi connectivity index (χ3n) is 6.48. The van der Waals surface area contributed by atoms with Gasteiger partial charge in [-0.1, -0.05) is 12.8 Å². The summed E-state index contributed by atoms with van der Waals surface area (Å²) in [5.74, 6) is -0.387. The van der Waals surface area contributed by atoms with Crippen LogP contribution in [0.15, 0.2) is 4.79 Å². The third-order valence-corrected chi connectivity index (χ3v) is 7.67. The van der Waals surface area contributed by atoms with E-state index in [1.165, 1.54) is 4.88 Å². The zero-order chi connectivity index (χ0) is 20.0. The number of thiophene rings is 1. The lowest BCUT2D eigenvalue weighted by Crippen LogP contribution is -2.35. The van der Waals surface area contributed by atoms with Gasteiger partial charge in [-0.3, -0.25) is 14.4 Å². The molecule has 1 N–H and O–H groups in total. The lowest BCUT2D eigenvalue weighted by Gasteiger charge is -2.23. The number of amides is 1. The number of aryl methyl sites for hydroxylation is 2. The van der Waals surface area contributed by atoms with Gasteiger partial charge in [-0.2, -0.15) is 0 Å². The molecule has 2 aliphatic carbocycles. The molecule has 8 heteroatoms. The number of carbonyl (C=O) groups excluding carboxylic acids is 2. The summed E-state index contributed by atoms with van der Waals surface area (Å²) in [4.78, 5) is 48.6. The van der Waals surface area contributed by atoms with Crippen molar-refractivity contribution in [1.82, 2.24) is 14.9 Å². The summed E-state index contributed by atoms with van der Waals surface area (Å²) >= 11 is 1.58. The summed E-state index contributed by atoms with van der Waals surface area (Å²) in [5, 5.41) is 0.702. The SMILES string of the molecule is O=C(OCc1nc2sc3c(c2c(=O)[nH]1)CCCC3)C1CC(=O)N(C2CCCC2)C1. The van der Waals surface area contributed by atoms with Crippen LogP contribution in [0.25, 0.3) is 10.2 Å². The number of hydrogen-bond donors (Lipinski definition) is 1. The molecule has 3 aliphatic rings. The molecule has 0 spiro atoms. The predicted molar refractivity (Wildman–Crippen MR) is 109 cm³/mol. The average Bonchev–Trinajstić information content (AvgIpc) is 3.43. The maximum absolute atomic E-state index is 12.6. The van der Waals surface area contributed by atoms with Crippen molar-refractivity contribution >= 4 is 33.4 Å². The highest BCUT2D eigenvalue weighted by Crippen LogP contribution is 2.33. The Morgan fingerprint density at radius 1 is 1.17 bits per heavy atom. The van der Waals surface area contributed by atoms with E-state index in [0.717, 1.165) is 61.8 Å². The molecule has 1 amide bonds. The van der Waals surface area contributed by atoms with Crippen LogP contribution in [0.2, 0.25) is 0 Å². The molecule has 2 fully saturated rings. The number of likely N-dealkylation sites (tertiary alicyclic amines) is 1. The van der Waals surface area contributed by atoms with Crippen LogP contribution in [0.5, 0.6) is 0 Å². The van der Waals surface area contributed by atoms with Crippen molar-refractivity contribution < 1.29 is 14.3 Å². The number of nitrogens with one attached hydrogen (secondary N) is 1. The van der Waals surface area contributed by atoms with E-state index in [-0.39, 0.29) is 36.5 Å². The summed E-state index contributed by atoms with van der Waals surface area (Å²) in [6, 6.07) is 0.283. The zero-order valence-electron chi connectivity index (χ0n) is 16.4. The van der Waals surface area contributed by atoms with Gasteiger partial charge in [0.05, 0.1) is 11.3 Å². The summed E-state index contributed by atoms with van der Waals surface area (Å²) in [7, 11) is 0. The highest BCUT2D eigenvalue weighted by Gasteiger charge is 2.39. The van der Waals surface area contributed by atoms with Crippen LogP contribution in [-0.4, -0.2) is 39.3 Å². The van der Waals surface area contributed by atoms with Crippen molar-refractivity contribution in [2.45, 2.75) is 70.4 Å². The minimum Gasteiger partial charge on any atom is -0.457 e. The Morgan fingerprint density at radius 3 is 2.79 bits per heavy atom. The summed E-state index contributed by atoms with van der Waals surface area (Å²) in [6.07, 6.45) is 8.78. The molecule has 3 heterocycles. The fourth-order valence-electron chi connectivity index (χ4n) is 4.99. The lowest BCUT2D eigenvalue weighted by molar-refractivity contribution is -0.150. The van der Waals surface area contributed by atoms with Crippen LogP contribution in [0.3, 0.4) is 0 Å². The van der Waals surface area contributed by atoms with Gasteiger partial charge in [0.1, 0.15) is 17.3 Å². The highest BCUT2D eigenvalue weighted by atomic mass is 32.1. The minimum atomic E-state index is -0.424. The molecule has 1 aliphatic heterocycles. The Morgan fingerprint density at radius 2 is 1.97 bits per heavy atom. The molecule has 29 heavy (non-hydrogen) atoms. The number of ether oxygens (including phenoxy) is 1. The van der Waals surface area contributed by atoms with E-state index in [9.17, 15) is 14.4 Å². The van der Waals surface area contributed by atoms with Gasteiger partial charge >= 0.3 is 5.97 Å². The van der Waals surface area contributed by atoms with Gasteiger partial charge in [0.25, 0.3) is 5.56 Å². The first-order valence-electron chi connectivity index (χ1n) is 10.6. The van der Waals surface area contributed by atoms with Crippen LogP contribution in [0.1, 0.15) is 61.2 Å². The van der Waals surface area contributed by atoms with Gasteiger partial charge < -0.3 is 14.6 Å². The fourth-order valence-corrected chi connectivity index (χ4v) is 6.27. The molecular weight excluding hydrogens is 390 g/mol. The number of H-pyrrole nitrogens is 1. The first-order chi connectivity index (χ1) is 14.1. The van der Waals surface area contributed by atoms with Crippen molar-refractivity contribution in [3.8, 4) is 0 Å². The normalized spacial score (nSPS) is 22.4. The van der Waals surface area contributed by atoms with Crippen molar-refractivity contribution in [1.29, 1.82) is 0 Å². The lowest BCUT2D eigenvalue weighted by atomic mass is 9.97. The standard InChI is InChI=1S/C21H25N3O4S/c25-17-9-12(10-24(17)13-5-1-2-6-13)21(27)28-11-16-22-19(26)18-14-7-3-4-8-15(14)29-20(18)23-16/h12-13H,1-11H2,(H,22,23,26). The van der Waals surface area contributed by atoms with E-state index >= 15 is 0 Å². The Labute approximate surface area is 172 Å². The van der Waals surface area contributed by atoms with Gasteiger partial charge in [-0.25, -0.2) is 4.98 Å². The molecular formula is C21H25N3O4S. The molecule has 0 aromatic carbocycles. The van der Waals surface area contributed by atoms with E-state index in [2.05, 4.69) is 9.97 Å². The fraction of sp³-hybridized carbons (Fsp3) is 0.619. The van der Waals surface area contributed by atoms with Crippen LogP contribution in [-0.2, 0) is 33.8 Å². The quantitative estimate of drug-likeness (QED) is 0.775. The van der Waals surface area contributed by atoms with Gasteiger partial charge in [0, 0.05) is 23.9 Å². The second-order valence-corrected chi connectivity index (χ2v) is 9.48. The van der Waals surface area contributed by atoms with E-state index in [1.807, 2.05) is 4.90 Å². The van der Waals surface area contributed by atoms with Crippen molar-refractivity contribution in [2.24, 2.45) is 5.92 Å². The summed E-state index contributed by atoms with van der Waals surface area (Å²) in [6.45, 7) is 0.379. The van der Waals surface area contributed by atoms with Gasteiger partial charge in [-0.15, -0.1) is 11.3 Å². The Bertz CT molecular complexity index is 1020. The Kier molecular flexibility index (Phi) is 4.89. The zero-order valence-corrected chi connectivity index (χ0v) is 17.2. The molecule has 0 radical (unpaired) electrons. The van der Waals surface area contributed by atoms with Crippen LogP contribution in [0.4, 0.5) is 0 Å². The summed E-state index contributed by atoms with van der Waals surface area (Å²) in [5.41, 5.74) is 0.994. The average molecular weight is 416 g/mol. The van der Waals surface area contributed by atoms with Crippen LogP contribution in [0, 0.1) is 5.92 Å². The van der Waals surface area contributed by atoms with Crippen LogP contribution < -0.4 is 5.56 Å². The molecule has 1 saturated carbocycles. The molecule has 2 aromatic rings. The molecule has 7 nitrogen and oxygen atoms in total. The summed E-state index contributed by atoms with van der Waals surface area (Å²) < 4.78 is 5.43. The highest BCUT2D eigenvalue weighted by molar-refractivity contribution is 7.18. The molecule has 5 rings (SSSR count). The first-order valence-corrected chi connectivity index (χ1v) is 11.4. The number of rotatable bonds is 4. The number of aromatic amines is 1. The Balaban J connectivity index is 1.26. The smallest absolute Gasteiger partial charge is 0.311 e. The number of hydrogen-bond acceptors (Lipinski definition) is 6. The largest absolute Gasteiger partial charge is 0.457 e. The van der Waals surface area contributed by atoms with E-state index in [4.69, 9.17) is 4.74 Å². The molecule has 154 valence electrons. The number of esters is 1. The van der Waals surface area contributed by atoms with Gasteiger partial charge in [0.15, 0.2) is 0 Å². The number of nitrogens with zero attached hydrogens (tertiary/aromatic N) is 2. The number of carbonyl (C=O) groups is 2.